The Kier molecular flexibility index (Phi) is 30.2. The van der Waals surface area contributed by atoms with Crippen LogP contribution in [0.4, 0.5) is 0 Å². The number of allylic oxidation sites excluding steroid dienone is 1. The number of rotatable bonds is 16. The highest BCUT2D eigenvalue weighted by atomic mass is 28.4. The molecule has 94 heavy (non-hydrogen) atoms. The van der Waals surface area contributed by atoms with Crippen molar-refractivity contribution in [2.75, 3.05) is 13.2 Å². The molecule has 0 radical (unpaired) electrons. The van der Waals surface area contributed by atoms with Crippen molar-refractivity contribution < 1.29 is 61.4 Å². The molecule has 0 aromatic carbocycles. The Bertz CT molecular complexity index is 2470. The zero-order valence-corrected chi connectivity index (χ0v) is 63.0. The first kappa shape index (κ1) is 77.8. The summed E-state index contributed by atoms with van der Waals surface area (Å²) in [5.74, 6) is 0.471. The van der Waals surface area contributed by atoms with E-state index in [4.69, 9.17) is 46.7 Å². The smallest absolute Gasteiger partial charge is 0.330 e. The molecule has 528 valence electrons. The van der Waals surface area contributed by atoms with Crippen LogP contribution in [0.3, 0.4) is 0 Å². The maximum absolute atomic E-state index is 13.5. The number of ether oxygens (including phenoxy) is 8. The Morgan fingerprint density at radius 2 is 0.904 bits per heavy atom. The maximum Gasteiger partial charge on any atom is 0.330 e. The maximum atomic E-state index is 13.5. The molecule has 1 N–H and O–H groups in total. The molecule has 0 aromatic heterocycles. The fourth-order valence-corrected chi connectivity index (χ4v) is 27.8. The third-order valence-electron chi connectivity index (χ3n) is 21.2. The number of aliphatic hydroxyl groups is 1. The van der Waals surface area contributed by atoms with Crippen molar-refractivity contribution in [1.82, 2.24) is 0 Å². The highest BCUT2D eigenvalue weighted by molar-refractivity contribution is 6.78. The topological polar surface area (TPSA) is 153 Å². The lowest BCUT2D eigenvalue weighted by Gasteiger charge is -2.45. The van der Waals surface area contributed by atoms with Crippen LogP contribution in [0, 0.1) is 17.8 Å². The van der Waals surface area contributed by atoms with Crippen LogP contribution in [0.1, 0.15) is 208 Å². The molecule has 8 rings (SSSR count). The van der Waals surface area contributed by atoms with E-state index >= 15 is 0 Å². The number of esters is 2. The van der Waals surface area contributed by atoms with Gasteiger partial charge in [-0.25, -0.2) is 9.59 Å². The fraction of sp³-hybridized carbons (Fsp3) is 0.722. The van der Waals surface area contributed by atoms with Crippen molar-refractivity contribution in [3.8, 4) is 0 Å². The Morgan fingerprint density at radius 3 is 1.31 bits per heavy atom. The van der Waals surface area contributed by atoms with Gasteiger partial charge in [0, 0.05) is 25.0 Å². The minimum absolute atomic E-state index is 0.0117. The van der Waals surface area contributed by atoms with Gasteiger partial charge in [0.2, 0.25) is 16.6 Å². The molecule has 18 atom stereocenters. The largest absolute Gasteiger partial charge is 0.456 e. The van der Waals surface area contributed by atoms with Crippen molar-refractivity contribution in [1.29, 1.82) is 0 Å². The van der Waals surface area contributed by atoms with Gasteiger partial charge in [-0.05, 0) is 142 Å². The summed E-state index contributed by atoms with van der Waals surface area (Å²) < 4.78 is 64.8. The molecule has 13 nitrogen and oxygen atoms in total. The molecule has 0 saturated carbocycles. The molecule has 2 saturated heterocycles. The third kappa shape index (κ3) is 22.7. The van der Waals surface area contributed by atoms with Crippen molar-refractivity contribution >= 4 is 28.6 Å². The minimum Gasteiger partial charge on any atom is -0.456 e. The van der Waals surface area contributed by atoms with Gasteiger partial charge >= 0.3 is 11.9 Å². The molecule has 8 aliphatic rings. The highest BCUT2D eigenvalue weighted by Gasteiger charge is 2.53. The number of hydrogen-bond acceptors (Lipinski definition) is 13. The van der Waals surface area contributed by atoms with Crippen molar-refractivity contribution in [3.63, 3.8) is 0 Å². The van der Waals surface area contributed by atoms with Crippen LogP contribution in [-0.2, 0) is 56.3 Å². The minimum atomic E-state index is -2.39. The second-order valence-corrected chi connectivity index (χ2v) is 42.1. The summed E-state index contributed by atoms with van der Waals surface area (Å²) in [4.78, 5) is 27.0. The first-order chi connectivity index (χ1) is 44.6. The van der Waals surface area contributed by atoms with Crippen LogP contribution in [0.25, 0.3) is 0 Å². The molecular formula is C79H126O13Si2. The number of hydrogen-bond donors (Lipinski definition) is 1. The molecule has 1 unspecified atom stereocenters. The summed E-state index contributed by atoms with van der Waals surface area (Å²) in [6.07, 6.45) is 36.1. The van der Waals surface area contributed by atoms with Gasteiger partial charge in [-0.3, -0.25) is 0 Å². The van der Waals surface area contributed by atoms with E-state index in [1.54, 1.807) is 6.08 Å². The van der Waals surface area contributed by atoms with Gasteiger partial charge in [-0.1, -0.05) is 212 Å². The van der Waals surface area contributed by atoms with Gasteiger partial charge in [0.05, 0.1) is 74.3 Å². The Hall–Kier alpha value is -3.59. The summed E-state index contributed by atoms with van der Waals surface area (Å²) in [7, 11) is -4.74. The number of fused-ring (bicyclic) bond motifs is 6. The van der Waals surface area contributed by atoms with Crippen LogP contribution in [-0.4, -0.2) is 138 Å². The monoisotopic (exact) mass is 1340 g/mol. The van der Waals surface area contributed by atoms with E-state index in [1.807, 2.05) is 12.2 Å². The van der Waals surface area contributed by atoms with Gasteiger partial charge in [0.15, 0.2) is 0 Å². The first-order valence-electron chi connectivity index (χ1n) is 36.5. The lowest BCUT2D eigenvalue weighted by atomic mass is 9.88. The molecule has 15 heteroatoms. The first-order valence-corrected chi connectivity index (χ1v) is 40.8. The quantitative estimate of drug-likeness (QED) is 0.0676. The van der Waals surface area contributed by atoms with E-state index < -0.39 is 53.1 Å². The van der Waals surface area contributed by atoms with Crippen LogP contribution in [0.2, 0.25) is 33.2 Å². The van der Waals surface area contributed by atoms with Gasteiger partial charge in [-0.15, -0.1) is 0 Å². The van der Waals surface area contributed by atoms with Crippen molar-refractivity contribution in [2.24, 2.45) is 17.8 Å². The van der Waals surface area contributed by atoms with E-state index in [0.29, 0.717) is 96.3 Å². The molecule has 4 bridgehead atoms. The SMILES string of the molecule is C=C1C[C@H](C)C[C@@H]2CC=C[C@@H](C/C=C\C(=O)O[C@H]([C@H](/C=C/[C@@H]3CC(C)=CCO3)O[Si](C(C)C)(C(C)C)C(C)C)C[C@@H]3OC3[C@@H](O)C1)O2.C=C1C[C@H](C)C[C@@H]2CC=C[C@@H](C/C=C\C(=O)O[C@H]([C@H](/C=C/[C@@H]3CC(C)=CCO3)O[Si](C(C)C)(C(C)C)C(C)C)C[C@@H]3O[C@H]3[C@@H](C)C1)O2. The van der Waals surface area contributed by atoms with Gasteiger partial charge < -0.3 is 51.9 Å². The number of carbonyl (C=O) groups excluding carboxylic acids is 2. The van der Waals surface area contributed by atoms with E-state index in [0.717, 1.165) is 63.4 Å². The van der Waals surface area contributed by atoms with Gasteiger partial charge in [0.1, 0.15) is 30.5 Å². The highest BCUT2D eigenvalue weighted by Crippen LogP contribution is 2.47. The number of cyclic esters (lactones) is 2. The van der Waals surface area contributed by atoms with Crippen LogP contribution in [0.15, 0.2) is 121 Å². The van der Waals surface area contributed by atoms with Crippen LogP contribution in [0.5, 0.6) is 0 Å². The Morgan fingerprint density at radius 1 is 0.511 bits per heavy atom. The molecule has 0 aromatic rings. The van der Waals surface area contributed by atoms with E-state index in [2.05, 4.69) is 192 Å². The summed E-state index contributed by atoms with van der Waals surface area (Å²) in [5.41, 5.74) is 7.11. The predicted octanol–water partition coefficient (Wildman–Crippen LogP) is 17.9. The average molecular weight is 1340 g/mol. The fourth-order valence-electron chi connectivity index (χ4n) is 16.7. The zero-order valence-electron chi connectivity index (χ0n) is 61.0. The standard InChI is InChI=1S/C40H64O6Si.C39H62O7Si/c1-26(2)47(27(3)4,28(5)6)46-36(18-17-34-23-29(7)19-20-42-34)37-25-38-40(45-38)32(10)22-30(8)21-31(9)24-35-15-11-13-33(43-35)14-12-16-39(41)44-37;1-25(2)47(26(3)4,27(5)6)46-35(17-16-32-21-28(7)18-19-42-32)36-24-37-39(45-37)34(40)23-30(9)20-29(8)22-33-14-10-12-31(43-33)13-11-15-38(41)44-36/h11-13,16-19,26-28,31-38,40H,8,14-15,20-25H2,1-7,9-10H3;10-12,15-18,25-27,29,31-37,39-40H,9,13-14,19-24H2,1-8H3/b16-12-,18-17+;15-11-,17-16+/t31-,32-,33-,34+,35-,36-,37-,38-,40-;29-,31-,32+,33-,34-,35-,36-,37-,39?/m00/s1. The summed E-state index contributed by atoms with van der Waals surface area (Å²) >= 11 is 0. The number of aliphatic hydroxyl groups excluding tert-OH is 1. The lowest BCUT2D eigenvalue weighted by molar-refractivity contribution is -0.148. The average Bonchev–Trinajstić information content (AvgIpc) is 1.15. The molecule has 8 heterocycles. The van der Waals surface area contributed by atoms with E-state index in [-0.39, 0.29) is 67.0 Å². The zero-order chi connectivity index (χ0) is 68.6. The lowest BCUT2D eigenvalue weighted by Crippen LogP contribution is -2.52. The predicted molar refractivity (Wildman–Crippen MR) is 384 cm³/mol. The van der Waals surface area contributed by atoms with Gasteiger partial charge in [-0.2, -0.15) is 0 Å². The van der Waals surface area contributed by atoms with Gasteiger partial charge in [0.25, 0.3) is 0 Å². The molecule has 0 amide bonds. The van der Waals surface area contributed by atoms with Crippen LogP contribution < -0.4 is 0 Å². The normalized spacial score (nSPS) is 34.5. The number of epoxide rings is 2. The summed E-state index contributed by atoms with van der Waals surface area (Å²) in [6.45, 7) is 48.4. The van der Waals surface area contributed by atoms with E-state index in [9.17, 15) is 14.7 Å². The summed E-state index contributed by atoms with van der Waals surface area (Å²) in [5, 5.41) is 11.2. The Labute approximate surface area is 571 Å². The van der Waals surface area contributed by atoms with Crippen LogP contribution >= 0.6 is 0 Å². The van der Waals surface area contributed by atoms with Crippen molar-refractivity contribution in [3.05, 3.63) is 121 Å². The molecule has 2 fully saturated rings. The molecule has 8 aliphatic heterocycles. The van der Waals surface area contributed by atoms with Crippen molar-refractivity contribution in [2.45, 2.75) is 332 Å². The molecule has 0 spiro atoms. The summed E-state index contributed by atoms with van der Waals surface area (Å²) in [6, 6.07) is 0. The Balaban J connectivity index is 0.000000266. The van der Waals surface area contributed by atoms with E-state index in [1.165, 1.54) is 22.8 Å². The number of carbonyl (C=O) groups is 2. The third-order valence-corrected chi connectivity index (χ3v) is 33.4. The second kappa shape index (κ2) is 36.5. The molecular weight excluding hydrogens is 1210 g/mol. The molecule has 0 aliphatic carbocycles. The second-order valence-electron chi connectivity index (χ2n) is 31.3.